The van der Waals surface area contributed by atoms with Crippen LogP contribution in [0.15, 0.2) is 24.3 Å². The van der Waals surface area contributed by atoms with E-state index < -0.39 is 12.1 Å². The van der Waals surface area contributed by atoms with Crippen LogP contribution in [0.25, 0.3) is 0 Å². The summed E-state index contributed by atoms with van der Waals surface area (Å²) in [4.78, 5) is 24.8. The molecule has 5 heteroatoms. The third-order valence-electron chi connectivity index (χ3n) is 6.70. The Morgan fingerprint density at radius 3 is 2.21 bits per heavy atom. The van der Waals surface area contributed by atoms with Gasteiger partial charge in [-0.3, -0.25) is 9.59 Å². The molecule has 0 radical (unpaired) electrons. The fraction of sp³-hybridized carbons (Fsp3) is 0.652. The largest absolute Gasteiger partial charge is 0.493 e. The smallest absolute Gasteiger partial charge is 0.310 e. The predicted molar refractivity (Wildman–Crippen MR) is 106 cm³/mol. The minimum atomic E-state index is -0.764. The Bertz CT molecular complexity index is 691. The molecule has 4 aliphatic rings. The zero-order valence-electron chi connectivity index (χ0n) is 16.9. The van der Waals surface area contributed by atoms with E-state index in [0.29, 0.717) is 0 Å². The molecule has 1 amide bonds. The van der Waals surface area contributed by atoms with E-state index in [1.165, 1.54) is 19.3 Å². The molecule has 0 aliphatic heterocycles. The zero-order valence-corrected chi connectivity index (χ0v) is 16.9. The van der Waals surface area contributed by atoms with Crippen molar-refractivity contribution in [3.8, 4) is 5.75 Å². The number of nitrogens with one attached hydrogen (secondary N) is 1. The summed E-state index contributed by atoms with van der Waals surface area (Å²) in [6.07, 6.45) is 6.64. The molecule has 4 bridgehead atoms. The van der Waals surface area contributed by atoms with Gasteiger partial charge in [-0.05, 0) is 82.3 Å². The van der Waals surface area contributed by atoms with E-state index in [-0.39, 0.29) is 24.5 Å². The van der Waals surface area contributed by atoms with Crippen LogP contribution in [0.3, 0.4) is 0 Å². The van der Waals surface area contributed by atoms with E-state index in [1.807, 2.05) is 31.2 Å². The van der Waals surface area contributed by atoms with Crippen LogP contribution in [0.5, 0.6) is 5.75 Å². The van der Waals surface area contributed by atoms with Crippen LogP contribution in [-0.4, -0.2) is 30.1 Å². The molecule has 5 rings (SSSR count). The Morgan fingerprint density at radius 2 is 1.64 bits per heavy atom. The van der Waals surface area contributed by atoms with Gasteiger partial charge < -0.3 is 14.8 Å². The number of carbonyl (C=O) groups excluding carboxylic acids is 2. The van der Waals surface area contributed by atoms with Crippen molar-refractivity contribution in [2.75, 3.05) is 6.61 Å². The van der Waals surface area contributed by atoms with Gasteiger partial charge in [0.1, 0.15) is 5.75 Å². The van der Waals surface area contributed by atoms with Crippen LogP contribution in [-0.2, 0) is 14.3 Å². The summed E-state index contributed by atoms with van der Waals surface area (Å²) in [5.74, 6) is 2.47. The van der Waals surface area contributed by atoms with Crippen LogP contribution >= 0.6 is 0 Å². The van der Waals surface area contributed by atoms with Crippen LogP contribution < -0.4 is 10.1 Å². The normalized spacial score (nSPS) is 31.3. The minimum absolute atomic E-state index is 0.0545. The number of benzene rings is 1. The second-order valence-corrected chi connectivity index (χ2v) is 9.23. The fourth-order valence-electron chi connectivity index (χ4n) is 5.82. The highest BCUT2D eigenvalue weighted by Gasteiger charge is 2.51. The first-order chi connectivity index (χ1) is 13.4. The van der Waals surface area contributed by atoms with Crippen molar-refractivity contribution >= 4 is 11.9 Å². The predicted octanol–water partition coefficient (Wildman–Crippen LogP) is 3.78. The molecule has 1 aromatic carbocycles. The monoisotopic (exact) mass is 385 g/mol. The lowest BCUT2D eigenvalue weighted by atomic mass is 9.53. The average molecular weight is 386 g/mol. The number of amides is 1. The molecule has 1 N–H and O–H groups in total. The number of aryl methyl sites for hydroxylation is 1. The van der Waals surface area contributed by atoms with E-state index in [2.05, 4.69) is 5.32 Å². The SMILES string of the molecule is Cc1ccc(OCCC(=O)O[C@@H](C)C(=O)NC23CC4CC(CC(C4)C2)C3)cc1. The summed E-state index contributed by atoms with van der Waals surface area (Å²) in [6.45, 7) is 3.91. The van der Waals surface area contributed by atoms with Gasteiger partial charge in [0.25, 0.3) is 5.91 Å². The van der Waals surface area contributed by atoms with Gasteiger partial charge in [-0.25, -0.2) is 0 Å². The molecule has 5 nitrogen and oxygen atoms in total. The highest BCUT2D eigenvalue weighted by molar-refractivity contribution is 5.84. The standard InChI is InChI=1S/C23H31NO4/c1-15-3-5-20(6-4-15)27-8-7-21(25)28-16(2)22(26)24-23-12-17-9-18(13-23)11-19(10-17)14-23/h3-6,16-19H,7-14H2,1-2H3,(H,24,26)/t16-,17?,18?,19?,23?/m0/s1. The summed E-state index contributed by atoms with van der Waals surface area (Å²) < 4.78 is 10.9. The van der Waals surface area contributed by atoms with Crippen molar-refractivity contribution in [3.05, 3.63) is 29.8 Å². The summed E-state index contributed by atoms with van der Waals surface area (Å²) in [5, 5.41) is 3.27. The van der Waals surface area contributed by atoms with Crippen molar-refractivity contribution in [1.29, 1.82) is 0 Å². The number of hydrogen-bond donors (Lipinski definition) is 1. The maximum Gasteiger partial charge on any atom is 0.310 e. The van der Waals surface area contributed by atoms with Crippen LogP contribution in [0.2, 0.25) is 0 Å². The van der Waals surface area contributed by atoms with Crippen molar-refractivity contribution in [3.63, 3.8) is 0 Å². The van der Waals surface area contributed by atoms with Crippen LogP contribution in [0, 0.1) is 24.7 Å². The van der Waals surface area contributed by atoms with E-state index in [1.54, 1.807) is 6.92 Å². The molecule has 0 unspecified atom stereocenters. The lowest BCUT2D eigenvalue weighted by Gasteiger charge is -2.57. The van der Waals surface area contributed by atoms with Crippen molar-refractivity contribution in [2.45, 2.75) is 70.4 Å². The Morgan fingerprint density at radius 1 is 1.07 bits per heavy atom. The molecule has 0 aromatic heterocycles. The molecule has 4 aliphatic carbocycles. The highest BCUT2D eigenvalue weighted by Crippen LogP contribution is 2.55. The van der Waals surface area contributed by atoms with E-state index in [0.717, 1.165) is 48.3 Å². The Balaban J connectivity index is 1.22. The number of rotatable bonds is 7. The number of carbonyl (C=O) groups is 2. The van der Waals surface area contributed by atoms with Crippen molar-refractivity contribution < 1.29 is 19.1 Å². The summed E-state index contributed by atoms with van der Waals surface area (Å²) in [5.41, 5.74) is 1.10. The molecule has 0 spiro atoms. The summed E-state index contributed by atoms with van der Waals surface area (Å²) in [6, 6.07) is 7.68. The van der Waals surface area contributed by atoms with Crippen LogP contribution in [0.4, 0.5) is 0 Å². The van der Waals surface area contributed by atoms with Crippen LogP contribution in [0.1, 0.15) is 57.4 Å². The van der Waals surface area contributed by atoms with E-state index in [9.17, 15) is 9.59 Å². The molecule has 4 fully saturated rings. The first-order valence-corrected chi connectivity index (χ1v) is 10.6. The maximum absolute atomic E-state index is 12.7. The second kappa shape index (κ2) is 7.76. The van der Waals surface area contributed by atoms with Crippen molar-refractivity contribution in [1.82, 2.24) is 5.32 Å². The minimum Gasteiger partial charge on any atom is -0.493 e. The number of hydrogen-bond acceptors (Lipinski definition) is 4. The Kier molecular flexibility index (Phi) is 5.35. The molecule has 1 aromatic rings. The zero-order chi connectivity index (χ0) is 19.7. The summed E-state index contributed by atoms with van der Waals surface area (Å²) >= 11 is 0. The number of esters is 1. The lowest BCUT2D eigenvalue weighted by Crippen LogP contribution is -2.61. The molecule has 4 saturated carbocycles. The first kappa shape index (κ1) is 19.3. The van der Waals surface area contributed by atoms with Gasteiger partial charge in [-0.2, -0.15) is 0 Å². The lowest BCUT2D eigenvalue weighted by molar-refractivity contribution is -0.157. The third kappa shape index (κ3) is 4.34. The highest BCUT2D eigenvalue weighted by atomic mass is 16.5. The van der Waals surface area contributed by atoms with E-state index in [4.69, 9.17) is 9.47 Å². The quantitative estimate of drug-likeness (QED) is 0.726. The summed E-state index contributed by atoms with van der Waals surface area (Å²) in [7, 11) is 0. The van der Waals surface area contributed by atoms with Gasteiger partial charge in [0.2, 0.25) is 0 Å². The molecule has 28 heavy (non-hydrogen) atoms. The maximum atomic E-state index is 12.7. The molecule has 1 atom stereocenters. The van der Waals surface area contributed by atoms with Gasteiger partial charge in [0.05, 0.1) is 13.0 Å². The Hall–Kier alpha value is -2.04. The van der Waals surface area contributed by atoms with Crippen molar-refractivity contribution in [2.24, 2.45) is 17.8 Å². The number of ether oxygens (including phenoxy) is 2. The molecule has 0 saturated heterocycles. The van der Waals surface area contributed by atoms with Gasteiger partial charge in [-0.1, -0.05) is 17.7 Å². The van der Waals surface area contributed by atoms with Gasteiger partial charge >= 0.3 is 5.97 Å². The second-order valence-electron chi connectivity index (χ2n) is 9.23. The third-order valence-corrected chi connectivity index (χ3v) is 6.70. The molecular weight excluding hydrogens is 354 g/mol. The Labute approximate surface area is 167 Å². The fourth-order valence-corrected chi connectivity index (χ4v) is 5.82. The van der Waals surface area contributed by atoms with Gasteiger partial charge in [0, 0.05) is 5.54 Å². The first-order valence-electron chi connectivity index (χ1n) is 10.6. The van der Waals surface area contributed by atoms with Gasteiger partial charge in [0.15, 0.2) is 6.10 Å². The topological polar surface area (TPSA) is 64.6 Å². The van der Waals surface area contributed by atoms with E-state index >= 15 is 0 Å². The molecule has 152 valence electrons. The molecule has 0 heterocycles. The van der Waals surface area contributed by atoms with Gasteiger partial charge in [-0.15, -0.1) is 0 Å². The molecular formula is C23H31NO4. The average Bonchev–Trinajstić information content (AvgIpc) is 2.61.